The first-order valence-electron chi connectivity index (χ1n) is 6.66. The highest BCUT2D eigenvalue weighted by Gasteiger charge is 2.12. The van der Waals surface area contributed by atoms with E-state index in [4.69, 9.17) is 4.74 Å². The number of aryl methyl sites for hydroxylation is 1. The van der Waals surface area contributed by atoms with Gasteiger partial charge in [0.05, 0.1) is 0 Å². The predicted molar refractivity (Wildman–Crippen MR) is 81.2 cm³/mol. The van der Waals surface area contributed by atoms with Crippen LogP contribution in [0.15, 0.2) is 42.5 Å². The Morgan fingerprint density at radius 3 is 2.40 bits per heavy atom. The molecule has 20 heavy (non-hydrogen) atoms. The highest BCUT2D eigenvalue weighted by Crippen LogP contribution is 2.26. The largest absolute Gasteiger partial charge is 0.488 e. The number of hydrogen-bond donors (Lipinski definition) is 1. The van der Waals surface area contributed by atoms with Gasteiger partial charge in [0.2, 0.25) is 0 Å². The summed E-state index contributed by atoms with van der Waals surface area (Å²) in [6.07, 6.45) is 0. The Kier molecular flexibility index (Phi) is 3.98. The molecular formula is C17H20FNO. The van der Waals surface area contributed by atoms with E-state index in [-0.39, 0.29) is 11.4 Å². The summed E-state index contributed by atoms with van der Waals surface area (Å²) >= 11 is 0. The molecule has 3 heteroatoms. The van der Waals surface area contributed by atoms with Crippen LogP contribution in [0.4, 0.5) is 15.8 Å². The van der Waals surface area contributed by atoms with Gasteiger partial charge in [0.1, 0.15) is 17.2 Å². The molecule has 2 nitrogen and oxygen atoms in total. The molecule has 2 aromatic rings. The van der Waals surface area contributed by atoms with Crippen molar-refractivity contribution >= 4 is 11.4 Å². The van der Waals surface area contributed by atoms with Crippen LogP contribution in [0.2, 0.25) is 0 Å². The third-order valence-electron chi connectivity index (χ3n) is 2.73. The SMILES string of the molecule is Cc1cc(OC(C)(C)C)ccc1Nc1cccc(F)c1. The van der Waals surface area contributed by atoms with Crippen molar-refractivity contribution < 1.29 is 9.13 Å². The van der Waals surface area contributed by atoms with Crippen molar-refractivity contribution in [1.82, 2.24) is 0 Å². The molecule has 0 aromatic heterocycles. The van der Waals surface area contributed by atoms with E-state index in [1.807, 2.05) is 52.0 Å². The van der Waals surface area contributed by atoms with Crippen LogP contribution in [0.1, 0.15) is 26.3 Å². The molecule has 106 valence electrons. The lowest BCUT2D eigenvalue weighted by molar-refractivity contribution is 0.131. The Morgan fingerprint density at radius 1 is 1.05 bits per heavy atom. The molecular weight excluding hydrogens is 253 g/mol. The van der Waals surface area contributed by atoms with E-state index in [0.29, 0.717) is 0 Å². The van der Waals surface area contributed by atoms with Gasteiger partial charge in [-0.25, -0.2) is 4.39 Å². The smallest absolute Gasteiger partial charge is 0.125 e. The van der Waals surface area contributed by atoms with Gasteiger partial charge in [0.25, 0.3) is 0 Å². The number of anilines is 2. The maximum absolute atomic E-state index is 13.2. The average Bonchev–Trinajstić information content (AvgIpc) is 2.31. The molecule has 0 radical (unpaired) electrons. The van der Waals surface area contributed by atoms with E-state index < -0.39 is 0 Å². The molecule has 0 spiro atoms. The zero-order valence-corrected chi connectivity index (χ0v) is 12.3. The van der Waals surface area contributed by atoms with E-state index in [0.717, 1.165) is 22.7 Å². The van der Waals surface area contributed by atoms with E-state index in [2.05, 4.69) is 5.32 Å². The quantitative estimate of drug-likeness (QED) is 0.844. The lowest BCUT2D eigenvalue weighted by Crippen LogP contribution is -2.22. The topological polar surface area (TPSA) is 21.3 Å². The maximum Gasteiger partial charge on any atom is 0.125 e. The summed E-state index contributed by atoms with van der Waals surface area (Å²) in [5.74, 6) is 0.583. The van der Waals surface area contributed by atoms with Crippen LogP contribution in [0.5, 0.6) is 5.75 Å². The fraction of sp³-hybridized carbons (Fsp3) is 0.294. The second-order valence-electron chi connectivity index (χ2n) is 5.83. The molecule has 0 unspecified atom stereocenters. The van der Waals surface area contributed by atoms with Gasteiger partial charge >= 0.3 is 0 Å². The molecule has 2 aromatic carbocycles. The average molecular weight is 273 g/mol. The standard InChI is InChI=1S/C17H20FNO/c1-12-10-15(20-17(2,3)4)8-9-16(12)19-14-7-5-6-13(18)11-14/h5-11,19H,1-4H3. The molecule has 0 fully saturated rings. The summed E-state index contributed by atoms with van der Waals surface area (Å²) in [7, 11) is 0. The number of nitrogens with one attached hydrogen (secondary N) is 1. The Labute approximate surface area is 119 Å². The Bertz CT molecular complexity index is 602. The third-order valence-corrected chi connectivity index (χ3v) is 2.73. The van der Waals surface area contributed by atoms with Gasteiger partial charge in [-0.1, -0.05) is 6.07 Å². The summed E-state index contributed by atoms with van der Waals surface area (Å²) in [5, 5.41) is 3.21. The summed E-state index contributed by atoms with van der Waals surface area (Å²) in [6.45, 7) is 8.04. The van der Waals surface area contributed by atoms with Crippen molar-refractivity contribution in [3.63, 3.8) is 0 Å². The third kappa shape index (κ3) is 3.98. The number of hydrogen-bond acceptors (Lipinski definition) is 2. The maximum atomic E-state index is 13.2. The van der Waals surface area contributed by atoms with E-state index in [1.54, 1.807) is 6.07 Å². The molecule has 0 aliphatic carbocycles. The van der Waals surface area contributed by atoms with Crippen molar-refractivity contribution in [2.75, 3.05) is 5.32 Å². The summed E-state index contributed by atoms with van der Waals surface area (Å²) in [6, 6.07) is 12.3. The molecule has 0 saturated heterocycles. The molecule has 0 aliphatic heterocycles. The monoisotopic (exact) mass is 273 g/mol. The molecule has 0 bridgehead atoms. The zero-order chi connectivity index (χ0) is 14.8. The van der Waals surface area contributed by atoms with Crippen LogP contribution in [0.25, 0.3) is 0 Å². The normalized spacial score (nSPS) is 11.2. The van der Waals surface area contributed by atoms with E-state index in [9.17, 15) is 4.39 Å². The van der Waals surface area contributed by atoms with Gasteiger partial charge in [-0.15, -0.1) is 0 Å². The van der Waals surface area contributed by atoms with Crippen LogP contribution in [0, 0.1) is 12.7 Å². The van der Waals surface area contributed by atoms with Crippen LogP contribution in [-0.2, 0) is 0 Å². The van der Waals surface area contributed by atoms with E-state index >= 15 is 0 Å². The Morgan fingerprint density at radius 2 is 1.80 bits per heavy atom. The molecule has 0 saturated carbocycles. The van der Waals surface area contributed by atoms with Crippen molar-refractivity contribution in [2.24, 2.45) is 0 Å². The van der Waals surface area contributed by atoms with Crippen molar-refractivity contribution in [2.45, 2.75) is 33.3 Å². The predicted octanol–water partition coefficient (Wildman–Crippen LogP) is 5.06. The summed E-state index contributed by atoms with van der Waals surface area (Å²) in [4.78, 5) is 0. The molecule has 0 amide bonds. The van der Waals surface area contributed by atoms with Crippen molar-refractivity contribution in [1.29, 1.82) is 0 Å². The lowest BCUT2D eigenvalue weighted by Gasteiger charge is -2.22. The second kappa shape index (κ2) is 5.53. The van der Waals surface area contributed by atoms with Gasteiger partial charge in [-0.3, -0.25) is 0 Å². The minimum Gasteiger partial charge on any atom is -0.488 e. The highest BCUT2D eigenvalue weighted by atomic mass is 19.1. The first-order chi connectivity index (χ1) is 9.33. The summed E-state index contributed by atoms with van der Waals surface area (Å²) < 4.78 is 19.0. The summed E-state index contributed by atoms with van der Waals surface area (Å²) in [5.41, 5.74) is 2.51. The fourth-order valence-corrected chi connectivity index (χ4v) is 1.92. The highest BCUT2D eigenvalue weighted by molar-refractivity contribution is 5.64. The van der Waals surface area contributed by atoms with Crippen LogP contribution < -0.4 is 10.1 Å². The minimum absolute atomic E-state index is 0.218. The zero-order valence-electron chi connectivity index (χ0n) is 12.3. The molecule has 0 aliphatic rings. The van der Waals surface area contributed by atoms with Gasteiger partial charge in [-0.05, 0) is 69.7 Å². The minimum atomic E-state index is -0.250. The Hall–Kier alpha value is -2.03. The molecule has 0 atom stereocenters. The van der Waals surface area contributed by atoms with Crippen LogP contribution >= 0.6 is 0 Å². The van der Waals surface area contributed by atoms with Gasteiger partial charge in [0.15, 0.2) is 0 Å². The van der Waals surface area contributed by atoms with Gasteiger partial charge < -0.3 is 10.1 Å². The fourth-order valence-electron chi connectivity index (χ4n) is 1.92. The lowest BCUT2D eigenvalue weighted by atomic mass is 10.1. The number of benzene rings is 2. The molecule has 0 heterocycles. The van der Waals surface area contributed by atoms with Gasteiger partial charge in [0, 0.05) is 11.4 Å². The van der Waals surface area contributed by atoms with E-state index in [1.165, 1.54) is 12.1 Å². The molecule has 1 N–H and O–H groups in total. The number of ether oxygens (including phenoxy) is 1. The van der Waals surface area contributed by atoms with Crippen LogP contribution in [0.3, 0.4) is 0 Å². The van der Waals surface area contributed by atoms with Crippen molar-refractivity contribution in [3.8, 4) is 5.75 Å². The molecule has 2 rings (SSSR count). The van der Waals surface area contributed by atoms with Gasteiger partial charge in [-0.2, -0.15) is 0 Å². The number of halogens is 1. The first-order valence-corrected chi connectivity index (χ1v) is 6.66. The first kappa shape index (κ1) is 14.4. The Balaban J connectivity index is 2.18. The second-order valence-corrected chi connectivity index (χ2v) is 5.83. The van der Waals surface area contributed by atoms with Crippen LogP contribution in [-0.4, -0.2) is 5.60 Å². The number of rotatable bonds is 3. The van der Waals surface area contributed by atoms with Crippen molar-refractivity contribution in [3.05, 3.63) is 53.8 Å².